The van der Waals surface area contributed by atoms with Gasteiger partial charge in [0.2, 0.25) is 0 Å². The van der Waals surface area contributed by atoms with Crippen LogP contribution < -0.4 is 5.32 Å². The predicted molar refractivity (Wildman–Crippen MR) is 112 cm³/mol. The maximum absolute atomic E-state index is 12.2. The average Bonchev–Trinajstić information content (AvgIpc) is 2.70. The van der Waals surface area contributed by atoms with Crippen molar-refractivity contribution in [2.45, 2.75) is 18.9 Å². The third kappa shape index (κ3) is 6.04. The van der Waals surface area contributed by atoms with E-state index in [1.54, 1.807) is 12.1 Å². The highest BCUT2D eigenvalue weighted by Gasteiger charge is 2.21. The summed E-state index contributed by atoms with van der Waals surface area (Å²) in [6, 6.07) is 15.7. The minimum atomic E-state index is -0.128. The molecule has 2 aromatic rings. The Kier molecular flexibility index (Phi) is 7.70. The fraction of sp³-hybridized carbons (Fsp3) is 0.381. The molecule has 2 aromatic carbocycles. The second-order valence-electron chi connectivity index (χ2n) is 6.66. The van der Waals surface area contributed by atoms with Crippen LogP contribution >= 0.6 is 27.5 Å². The minimum Gasteiger partial charge on any atom is -0.371 e. The van der Waals surface area contributed by atoms with Crippen LogP contribution in [0.25, 0.3) is 0 Å². The van der Waals surface area contributed by atoms with E-state index in [1.807, 2.05) is 12.1 Å². The molecule has 144 valence electrons. The Balaban J connectivity index is 1.37. The number of benzene rings is 2. The second kappa shape index (κ2) is 10.2. The molecule has 1 saturated heterocycles. The first kappa shape index (κ1) is 20.3. The number of morpholine rings is 1. The van der Waals surface area contributed by atoms with Gasteiger partial charge in [-0.15, -0.1) is 0 Å². The van der Waals surface area contributed by atoms with Crippen LogP contribution in [0.15, 0.2) is 53.0 Å². The zero-order chi connectivity index (χ0) is 19.1. The predicted octanol–water partition coefficient (Wildman–Crippen LogP) is 4.69. The molecule has 4 nitrogen and oxygen atoms in total. The molecular weight excluding hydrogens is 428 g/mol. The first-order valence-electron chi connectivity index (χ1n) is 9.25. The van der Waals surface area contributed by atoms with Crippen molar-refractivity contribution in [3.8, 4) is 0 Å². The van der Waals surface area contributed by atoms with Crippen molar-refractivity contribution in [3.63, 3.8) is 0 Å². The Labute approximate surface area is 174 Å². The summed E-state index contributed by atoms with van der Waals surface area (Å²) in [4.78, 5) is 14.7. The van der Waals surface area contributed by atoms with E-state index in [0.717, 1.165) is 43.6 Å². The second-order valence-corrected chi connectivity index (χ2v) is 7.98. The number of halogens is 2. The lowest BCUT2D eigenvalue weighted by atomic mass is 10.1. The minimum absolute atomic E-state index is 0.128. The summed E-state index contributed by atoms with van der Waals surface area (Å²) in [5.41, 5.74) is 1.74. The Morgan fingerprint density at radius 1 is 1.22 bits per heavy atom. The molecule has 6 heteroatoms. The molecule has 1 unspecified atom stereocenters. The van der Waals surface area contributed by atoms with E-state index in [0.29, 0.717) is 17.1 Å². The molecule has 1 N–H and O–H groups in total. The molecule has 0 bridgehead atoms. The molecule has 1 aliphatic rings. The molecule has 1 fully saturated rings. The summed E-state index contributed by atoms with van der Waals surface area (Å²) in [6.07, 6.45) is 2.12. The van der Waals surface area contributed by atoms with E-state index >= 15 is 0 Å². The van der Waals surface area contributed by atoms with Gasteiger partial charge >= 0.3 is 0 Å². The number of nitrogens with one attached hydrogen (secondary N) is 1. The van der Waals surface area contributed by atoms with Gasteiger partial charge in [-0.3, -0.25) is 9.69 Å². The lowest BCUT2D eigenvalue weighted by molar-refractivity contribution is -0.0303. The number of ether oxygens (including phenoxy) is 1. The van der Waals surface area contributed by atoms with Crippen LogP contribution in [0.5, 0.6) is 0 Å². The summed E-state index contributed by atoms with van der Waals surface area (Å²) in [6.45, 7) is 4.30. The monoisotopic (exact) mass is 450 g/mol. The zero-order valence-corrected chi connectivity index (χ0v) is 17.5. The number of carbonyl (C=O) groups excluding carboxylic acids is 1. The normalized spacial score (nSPS) is 17.6. The largest absolute Gasteiger partial charge is 0.371 e. The SMILES string of the molecule is O=C(NCCCCN1CCOC(c2ccccc2)C1)c1cc(Br)ccc1Cl. The van der Waals surface area contributed by atoms with Gasteiger partial charge in [0.1, 0.15) is 0 Å². The van der Waals surface area contributed by atoms with Gasteiger partial charge in [0, 0.05) is 24.1 Å². The zero-order valence-electron chi connectivity index (χ0n) is 15.2. The van der Waals surface area contributed by atoms with E-state index in [1.165, 1.54) is 5.56 Å². The van der Waals surface area contributed by atoms with Gasteiger partial charge in [0.05, 0.1) is 23.3 Å². The quantitative estimate of drug-likeness (QED) is 0.621. The first-order valence-corrected chi connectivity index (χ1v) is 10.4. The summed E-state index contributed by atoms with van der Waals surface area (Å²) in [7, 11) is 0. The number of hydrogen-bond donors (Lipinski definition) is 1. The van der Waals surface area contributed by atoms with E-state index in [-0.39, 0.29) is 12.0 Å². The molecule has 0 radical (unpaired) electrons. The van der Waals surface area contributed by atoms with Crippen LogP contribution in [0.2, 0.25) is 5.02 Å². The van der Waals surface area contributed by atoms with Crippen LogP contribution in [0, 0.1) is 0 Å². The summed E-state index contributed by atoms with van der Waals surface area (Å²) < 4.78 is 6.75. The Bertz CT molecular complexity index is 757. The highest BCUT2D eigenvalue weighted by atomic mass is 79.9. The number of rotatable bonds is 7. The summed E-state index contributed by atoms with van der Waals surface area (Å²) in [5.74, 6) is -0.128. The molecule has 0 aromatic heterocycles. The Morgan fingerprint density at radius 3 is 2.85 bits per heavy atom. The molecule has 1 atom stereocenters. The standard InChI is InChI=1S/C21H24BrClN2O2/c22-17-8-9-19(23)18(14-17)21(26)24-10-4-5-11-25-12-13-27-20(15-25)16-6-2-1-3-7-16/h1-3,6-9,14,20H,4-5,10-13,15H2,(H,24,26). The Morgan fingerprint density at radius 2 is 2.04 bits per heavy atom. The molecule has 0 aliphatic carbocycles. The summed E-state index contributed by atoms with van der Waals surface area (Å²) in [5, 5.41) is 3.42. The van der Waals surface area contributed by atoms with Crippen molar-refractivity contribution >= 4 is 33.4 Å². The molecule has 27 heavy (non-hydrogen) atoms. The third-order valence-electron chi connectivity index (χ3n) is 4.68. The number of nitrogens with zero attached hydrogens (tertiary/aromatic N) is 1. The maximum Gasteiger partial charge on any atom is 0.252 e. The molecule has 1 heterocycles. The molecule has 0 saturated carbocycles. The van der Waals surface area contributed by atoms with Crippen molar-refractivity contribution in [3.05, 3.63) is 69.2 Å². The highest BCUT2D eigenvalue weighted by molar-refractivity contribution is 9.10. The van der Waals surface area contributed by atoms with Gasteiger partial charge in [-0.05, 0) is 43.1 Å². The number of hydrogen-bond acceptors (Lipinski definition) is 3. The topological polar surface area (TPSA) is 41.6 Å². The van der Waals surface area contributed by atoms with Gasteiger partial charge in [-0.2, -0.15) is 0 Å². The van der Waals surface area contributed by atoms with Crippen LogP contribution in [0.4, 0.5) is 0 Å². The van der Waals surface area contributed by atoms with Gasteiger partial charge in [-0.1, -0.05) is 57.9 Å². The van der Waals surface area contributed by atoms with Crippen molar-refractivity contribution in [1.82, 2.24) is 10.2 Å². The fourth-order valence-electron chi connectivity index (χ4n) is 3.20. The van der Waals surface area contributed by atoms with E-state index in [2.05, 4.69) is 50.4 Å². The maximum atomic E-state index is 12.2. The molecular formula is C21H24BrClN2O2. The van der Waals surface area contributed by atoms with Crippen LogP contribution in [0.1, 0.15) is 34.9 Å². The summed E-state index contributed by atoms with van der Waals surface area (Å²) >= 11 is 9.47. The molecule has 0 spiro atoms. The van der Waals surface area contributed by atoms with Gasteiger partial charge in [0.15, 0.2) is 0 Å². The fourth-order valence-corrected chi connectivity index (χ4v) is 3.77. The number of amides is 1. The Hall–Kier alpha value is -1.40. The molecule has 3 rings (SSSR count). The number of unbranched alkanes of at least 4 members (excludes halogenated alkanes) is 1. The van der Waals surface area contributed by atoms with Crippen LogP contribution in [0.3, 0.4) is 0 Å². The van der Waals surface area contributed by atoms with Crippen molar-refractivity contribution < 1.29 is 9.53 Å². The molecule has 1 amide bonds. The van der Waals surface area contributed by atoms with E-state index in [4.69, 9.17) is 16.3 Å². The van der Waals surface area contributed by atoms with E-state index < -0.39 is 0 Å². The smallest absolute Gasteiger partial charge is 0.252 e. The number of carbonyl (C=O) groups is 1. The van der Waals surface area contributed by atoms with Crippen molar-refractivity contribution in [1.29, 1.82) is 0 Å². The average molecular weight is 452 g/mol. The lowest BCUT2D eigenvalue weighted by Crippen LogP contribution is -2.39. The van der Waals surface area contributed by atoms with Crippen molar-refractivity contribution in [2.75, 3.05) is 32.8 Å². The van der Waals surface area contributed by atoms with Gasteiger partial charge < -0.3 is 10.1 Å². The van der Waals surface area contributed by atoms with E-state index in [9.17, 15) is 4.79 Å². The van der Waals surface area contributed by atoms with Gasteiger partial charge in [-0.25, -0.2) is 0 Å². The van der Waals surface area contributed by atoms with Crippen LogP contribution in [-0.4, -0.2) is 43.6 Å². The third-order valence-corrected chi connectivity index (χ3v) is 5.50. The lowest BCUT2D eigenvalue weighted by Gasteiger charge is -2.33. The first-order chi connectivity index (χ1) is 13.1. The van der Waals surface area contributed by atoms with Gasteiger partial charge in [0.25, 0.3) is 5.91 Å². The molecule has 1 aliphatic heterocycles. The van der Waals surface area contributed by atoms with Crippen LogP contribution in [-0.2, 0) is 4.74 Å². The van der Waals surface area contributed by atoms with Crippen molar-refractivity contribution in [2.24, 2.45) is 0 Å². The highest BCUT2D eigenvalue weighted by Crippen LogP contribution is 2.22.